The van der Waals surface area contributed by atoms with Crippen molar-refractivity contribution in [2.24, 2.45) is 0 Å². The quantitative estimate of drug-likeness (QED) is 0.790. The minimum absolute atomic E-state index is 0.0548. The molecule has 100 valence electrons. The number of aromatic nitrogens is 1. The van der Waals surface area contributed by atoms with Crippen molar-refractivity contribution in [3.63, 3.8) is 0 Å². The van der Waals surface area contributed by atoms with Crippen molar-refractivity contribution in [2.45, 2.75) is 13.0 Å². The average molecular weight is 266 g/mol. The standard InChI is InChI=1S/C16H14N2O2/c19-16(18-11-12-5-7-17-8-6-12)10-14-9-13-3-1-2-4-15(13)20-14/h1-9H,10-11H2,(H,18,19). The van der Waals surface area contributed by atoms with Crippen LogP contribution >= 0.6 is 0 Å². The van der Waals surface area contributed by atoms with Gasteiger partial charge in [-0.1, -0.05) is 18.2 Å². The maximum Gasteiger partial charge on any atom is 0.227 e. The minimum atomic E-state index is -0.0548. The third-order valence-corrected chi connectivity index (χ3v) is 3.05. The van der Waals surface area contributed by atoms with Gasteiger partial charge >= 0.3 is 0 Å². The van der Waals surface area contributed by atoms with Crippen molar-refractivity contribution in [1.82, 2.24) is 10.3 Å². The molecule has 1 aromatic carbocycles. The number of amides is 1. The number of benzene rings is 1. The van der Waals surface area contributed by atoms with Gasteiger partial charge in [0.2, 0.25) is 5.91 Å². The van der Waals surface area contributed by atoms with Crippen LogP contribution in [-0.2, 0) is 17.8 Å². The molecule has 2 heterocycles. The zero-order valence-corrected chi connectivity index (χ0v) is 10.9. The zero-order chi connectivity index (χ0) is 13.8. The summed E-state index contributed by atoms with van der Waals surface area (Å²) in [6.07, 6.45) is 3.67. The summed E-state index contributed by atoms with van der Waals surface area (Å²) in [4.78, 5) is 15.8. The smallest absolute Gasteiger partial charge is 0.227 e. The van der Waals surface area contributed by atoms with Crippen LogP contribution in [0.4, 0.5) is 0 Å². The van der Waals surface area contributed by atoms with E-state index in [1.165, 1.54) is 0 Å². The van der Waals surface area contributed by atoms with Gasteiger partial charge in [0.25, 0.3) is 0 Å². The molecule has 0 aliphatic heterocycles. The lowest BCUT2D eigenvalue weighted by Crippen LogP contribution is -2.24. The molecule has 4 nitrogen and oxygen atoms in total. The Morgan fingerprint density at radius 2 is 1.95 bits per heavy atom. The highest BCUT2D eigenvalue weighted by molar-refractivity contribution is 5.82. The summed E-state index contributed by atoms with van der Waals surface area (Å²) in [6, 6.07) is 13.4. The van der Waals surface area contributed by atoms with Crippen LogP contribution in [0.5, 0.6) is 0 Å². The lowest BCUT2D eigenvalue weighted by atomic mass is 10.2. The van der Waals surface area contributed by atoms with Gasteiger partial charge in [-0.2, -0.15) is 0 Å². The third kappa shape index (κ3) is 2.85. The second kappa shape index (κ2) is 5.57. The summed E-state index contributed by atoms with van der Waals surface area (Å²) in [7, 11) is 0. The Bertz CT molecular complexity index is 686. The van der Waals surface area contributed by atoms with Crippen molar-refractivity contribution in [1.29, 1.82) is 0 Å². The first kappa shape index (κ1) is 12.4. The van der Waals surface area contributed by atoms with Crippen LogP contribution in [0, 0.1) is 0 Å². The SMILES string of the molecule is O=C(Cc1cc2ccccc2o1)NCc1ccncc1. The Labute approximate surface area is 116 Å². The van der Waals surface area contributed by atoms with E-state index in [1.807, 2.05) is 42.5 Å². The van der Waals surface area contributed by atoms with Crippen molar-refractivity contribution in [2.75, 3.05) is 0 Å². The number of carbonyl (C=O) groups excluding carboxylic acids is 1. The normalized spacial score (nSPS) is 10.6. The van der Waals surface area contributed by atoms with E-state index in [4.69, 9.17) is 4.42 Å². The summed E-state index contributed by atoms with van der Waals surface area (Å²) >= 11 is 0. The molecule has 2 aromatic heterocycles. The molecule has 3 rings (SSSR count). The maximum absolute atomic E-state index is 11.9. The number of pyridine rings is 1. The first-order chi connectivity index (χ1) is 9.81. The summed E-state index contributed by atoms with van der Waals surface area (Å²) in [5.74, 6) is 0.624. The van der Waals surface area contributed by atoms with Gasteiger partial charge < -0.3 is 9.73 Å². The molecule has 0 unspecified atom stereocenters. The predicted molar refractivity (Wildman–Crippen MR) is 76.0 cm³/mol. The van der Waals surface area contributed by atoms with Crippen LogP contribution in [0.2, 0.25) is 0 Å². The van der Waals surface area contributed by atoms with E-state index in [0.29, 0.717) is 12.3 Å². The van der Waals surface area contributed by atoms with Gasteiger partial charge in [-0.25, -0.2) is 0 Å². The topological polar surface area (TPSA) is 55.1 Å². The van der Waals surface area contributed by atoms with Gasteiger partial charge in [0.15, 0.2) is 0 Å². The Morgan fingerprint density at radius 1 is 1.15 bits per heavy atom. The van der Waals surface area contributed by atoms with Crippen LogP contribution in [0.3, 0.4) is 0 Å². The Hall–Kier alpha value is -2.62. The summed E-state index contributed by atoms with van der Waals surface area (Å²) in [6.45, 7) is 0.502. The van der Waals surface area contributed by atoms with Crippen LogP contribution in [0.15, 0.2) is 59.3 Å². The predicted octanol–water partition coefficient (Wildman–Crippen LogP) is 2.69. The molecule has 0 bridgehead atoms. The van der Waals surface area contributed by atoms with Gasteiger partial charge in [-0.15, -0.1) is 0 Å². The number of hydrogen-bond acceptors (Lipinski definition) is 3. The van der Waals surface area contributed by atoms with Gasteiger partial charge in [0, 0.05) is 24.3 Å². The number of rotatable bonds is 4. The molecule has 3 aromatic rings. The van der Waals surface area contributed by atoms with E-state index in [-0.39, 0.29) is 12.3 Å². The molecule has 0 spiro atoms. The molecule has 4 heteroatoms. The fourth-order valence-electron chi connectivity index (χ4n) is 2.05. The first-order valence-corrected chi connectivity index (χ1v) is 6.44. The second-order valence-electron chi connectivity index (χ2n) is 4.56. The molecule has 0 radical (unpaired) electrons. The number of fused-ring (bicyclic) bond motifs is 1. The number of para-hydroxylation sites is 1. The Balaban J connectivity index is 1.61. The summed E-state index contributed by atoms with van der Waals surface area (Å²) < 4.78 is 5.62. The average Bonchev–Trinajstić information content (AvgIpc) is 2.88. The monoisotopic (exact) mass is 266 g/mol. The van der Waals surface area contributed by atoms with Crippen LogP contribution in [-0.4, -0.2) is 10.9 Å². The van der Waals surface area contributed by atoms with E-state index in [9.17, 15) is 4.79 Å². The molecule has 0 saturated heterocycles. The molecule has 0 atom stereocenters. The highest BCUT2D eigenvalue weighted by Gasteiger charge is 2.08. The van der Waals surface area contributed by atoms with E-state index < -0.39 is 0 Å². The largest absolute Gasteiger partial charge is 0.461 e. The van der Waals surface area contributed by atoms with E-state index in [1.54, 1.807) is 12.4 Å². The van der Waals surface area contributed by atoms with Crippen molar-refractivity contribution >= 4 is 16.9 Å². The molecular weight excluding hydrogens is 252 g/mol. The van der Waals surface area contributed by atoms with Crippen LogP contribution in [0.1, 0.15) is 11.3 Å². The van der Waals surface area contributed by atoms with Gasteiger partial charge in [0.1, 0.15) is 11.3 Å². The molecule has 20 heavy (non-hydrogen) atoms. The fraction of sp³-hybridized carbons (Fsp3) is 0.125. The molecule has 0 aliphatic rings. The van der Waals surface area contributed by atoms with Gasteiger partial charge in [-0.3, -0.25) is 9.78 Å². The van der Waals surface area contributed by atoms with Crippen LogP contribution in [0.25, 0.3) is 11.0 Å². The number of hydrogen-bond donors (Lipinski definition) is 1. The highest BCUT2D eigenvalue weighted by Crippen LogP contribution is 2.18. The number of carbonyl (C=O) groups is 1. The van der Waals surface area contributed by atoms with Crippen LogP contribution < -0.4 is 5.32 Å². The third-order valence-electron chi connectivity index (χ3n) is 3.05. The van der Waals surface area contributed by atoms with Gasteiger partial charge in [-0.05, 0) is 29.8 Å². The summed E-state index contributed by atoms with van der Waals surface area (Å²) in [5.41, 5.74) is 1.84. The van der Waals surface area contributed by atoms with E-state index in [0.717, 1.165) is 16.5 Å². The first-order valence-electron chi connectivity index (χ1n) is 6.44. The Kier molecular flexibility index (Phi) is 3.46. The lowest BCUT2D eigenvalue weighted by Gasteiger charge is -2.03. The molecule has 0 fully saturated rings. The fourth-order valence-corrected chi connectivity index (χ4v) is 2.05. The number of nitrogens with one attached hydrogen (secondary N) is 1. The highest BCUT2D eigenvalue weighted by atomic mass is 16.3. The van der Waals surface area contributed by atoms with Crippen molar-refractivity contribution in [3.8, 4) is 0 Å². The molecule has 0 aliphatic carbocycles. The van der Waals surface area contributed by atoms with Gasteiger partial charge in [0.05, 0.1) is 6.42 Å². The minimum Gasteiger partial charge on any atom is -0.461 e. The second-order valence-corrected chi connectivity index (χ2v) is 4.56. The maximum atomic E-state index is 11.9. The Morgan fingerprint density at radius 3 is 2.75 bits per heavy atom. The zero-order valence-electron chi connectivity index (χ0n) is 10.9. The van der Waals surface area contributed by atoms with E-state index >= 15 is 0 Å². The van der Waals surface area contributed by atoms with Crippen molar-refractivity contribution in [3.05, 3.63) is 66.2 Å². The lowest BCUT2D eigenvalue weighted by molar-refractivity contribution is -0.120. The summed E-state index contributed by atoms with van der Waals surface area (Å²) in [5, 5.41) is 3.88. The molecule has 1 N–H and O–H groups in total. The molecule has 1 amide bonds. The van der Waals surface area contributed by atoms with E-state index in [2.05, 4.69) is 10.3 Å². The molecular formula is C16H14N2O2. The number of nitrogens with zero attached hydrogens (tertiary/aromatic N) is 1. The number of furan rings is 1. The molecule has 0 saturated carbocycles. The van der Waals surface area contributed by atoms with Crippen molar-refractivity contribution < 1.29 is 9.21 Å².